The van der Waals surface area contributed by atoms with Gasteiger partial charge in [0.2, 0.25) is 0 Å². The van der Waals surface area contributed by atoms with Gasteiger partial charge in [-0.1, -0.05) is 67.2 Å². The van der Waals surface area contributed by atoms with Gasteiger partial charge in [-0.2, -0.15) is 0 Å². The lowest BCUT2D eigenvalue weighted by atomic mass is 9.82. The van der Waals surface area contributed by atoms with Crippen molar-refractivity contribution in [2.24, 2.45) is 0 Å². The van der Waals surface area contributed by atoms with Gasteiger partial charge in [-0.15, -0.1) is 0 Å². The van der Waals surface area contributed by atoms with E-state index in [4.69, 9.17) is 0 Å². The summed E-state index contributed by atoms with van der Waals surface area (Å²) in [5, 5.41) is 3.32. The zero-order chi connectivity index (χ0) is 15.2. The molecule has 1 nitrogen and oxygen atoms in total. The number of hydrogen-bond donors (Lipinski definition) is 1. The molecular weight excluding hydrogens is 230 g/mol. The Kier molecular flexibility index (Phi) is 6.89. The fraction of sp³-hybridized carbons (Fsp3) is 0.556. The zero-order valence-electron chi connectivity index (χ0n) is 14.0. The van der Waals surface area contributed by atoms with Crippen molar-refractivity contribution in [2.75, 3.05) is 12.4 Å². The van der Waals surface area contributed by atoms with Crippen LogP contribution in [-0.4, -0.2) is 7.05 Å². The molecule has 1 aromatic rings. The summed E-state index contributed by atoms with van der Waals surface area (Å²) >= 11 is 0. The molecule has 0 atom stereocenters. The van der Waals surface area contributed by atoms with Crippen molar-refractivity contribution in [3.05, 3.63) is 35.4 Å². The van der Waals surface area contributed by atoms with Crippen LogP contribution in [0.15, 0.2) is 18.7 Å². The minimum atomic E-state index is 0.140. The second-order valence-electron chi connectivity index (χ2n) is 5.89. The maximum absolute atomic E-state index is 3.92. The van der Waals surface area contributed by atoms with Crippen molar-refractivity contribution in [2.45, 2.75) is 59.8 Å². The lowest BCUT2D eigenvalue weighted by Gasteiger charge is -2.26. The van der Waals surface area contributed by atoms with Gasteiger partial charge in [0, 0.05) is 12.7 Å². The summed E-state index contributed by atoms with van der Waals surface area (Å²) in [6.07, 6.45) is 1.94. The van der Waals surface area contributed by atoms with Gasteiger partial charge < -0.3 is 5.32 Å². The quantitative estimate of drug-likeness (QED) is 0.723. The third-order valence-electron chi connectivity index (χ3n) is 3.14. The van der Waals surface area contributed by atoms with Gasteiger partial charge in [0.15, 0.2) is 0 Å². The lowest BCUT2D eigenvalue weighted by molar-refractivity contribution is 0.590. The Hall–Kier alpha value is -1.24. The number of benzene rings is 1. The van der Waals surface area contributed by atoms with Crippen LogP contribution in [0.4, 0.5) is 5.69 Å². The number of anilines is 1. The van der Waals surface area contributed by atoms with E-state index < -0.39 is 0 Å². The van der Waals surface area contributed by atoms with Crippen molar-refractivity contribution < 1.29 is 0 Å². The molecular formula is C18H31N. The molecule has 19 heavy (non-hydrogen) atoms. The minimum Gasteiger partial charge on any atom is -0.387 e. The predicted molar refractivity (Wildman–Crippen MR) is 90.2 cm³/mol. The van der Waals surface area contributed by atoms with Crippen LogP contribution in [0, 0.1) is 0 Å². The van der Waals surface area contributed by atoms with E-state index in [-0.39, 0.29) is 5.41 Å². The molecule has 0 spiro atoms. The van der Waals surface area contributed by atoms with Gasteiger partial charge in [0.25, 0.3) is 0 Å². The predicted octanol–water partition coefficient (Wildman–Crippen LogP) is 5.82. The maximum atomic E-state index is 3.92. The Bertz CT molecular complexity index is 408. The zero-order valence-corrected chi connectivity index (χ0v) is 14.0. The first-order valence-electron chi connectivity index (χ1n) is 7.29. The van der Waals surface area contributed by atoms with Gasteiger partial charge in [-0.3, -0.25) is 0 Å². The summed E-state index contributed by atoms with van der Waals surface area (Å²) in [7, 11) is 1.98. The Morgan fingerprint density at radius 1 is 1.16 bits per heavy atom. The average Bonchev–Trinajstić information content (AvgIpc) is 2.38. The molecule has 1 rings (SSSR count). The topological polar surface area (TPSA) is 12.0 Å². The molecule has 0 aromatic heterocycles. The van der Waals surface area contributed by atoms with Gasteiger partial charge in [-0.05, 0) is 34.1 Å². The molecule has 0 aliphatic carbocycles. The molecule has 1 N–H and O–H groups in total. The summed E-state index contributed by atoms with van der Waals surface area (Å²) < 4.78 is 0. The standard InChI is InChI=1S/C16H25N.C2H6/c1-8-12-9-13(11(2)3)10-14(15(12)17-7)16(4,5)6;1-2/h8-11,17H,1H2,2-7H3;1-2H3. The molecule has 0 aliphatic heterocycles. The molecule has 108 valence electrons. The van der Waals surface area contributed by atoms with Crippen LogP contribution in [0.2, 0.25) is 0 Å². The van der Waals surface area contributed by atoms with E-state index in [0.29, 0.717) is 5.92 Å². The monoisotopic (exact) mass is 261 g/mol. The largest absolute Gasteiger partial charge is 0.387 e. The maximum Gasteiger partial charge on any atom is 0.0449 e. The van der Waals surface area contributed by atoms with Crippen molar-refractivity contribution in [1.29, 1.82) is 0 Å². The molecule has 0 radical (unpaired) electrons. The summed E-state index contributed by atoms with van der Waals surface area (Å²) in [5.41, 5.74) is 5.28. The van der Waals surface area contributed by atoms with Crippen LogP contribution in [0.1, 0.15) is 71.1 Å². The van der Waals surface area contributed by atoms with Crippen molar-refractivity contribution in [3.63, 3.8) is 0 Å². The van der Waals surface area contributed by atoms with Crippen molar-refractivity contribution >= 4 is 11.8 Å². The Morgan fingerprint density at radius 3 is 2.00 bits per heavy atom. The highest BCUT2D eigenvalue weighted by Gasteiger charge is 2.20. The van der Waals surface area contributed by atoms with E-state index in [9.17, 15) is 0 Å². The Morgan fingerprint density at radius 2 is 1.68 bits per heavy atom. The molecule has 1 aromatic carbocycles. The van der Waals surface area contributed by atoms with E-state index in [1.807, 2.05) is 27.0 Å². The molecule has 0 bridgehead atoms. The first-order valence-corrected chi connectivity index (χ1v) is 7.29. The summed E-state index contributed by atoms with van der Waals surface area (Å²) in [5.74, 6) is 0.542. The van der Waals surface area contributed by atoms with E-state index in [0.717, 1.165) is 0 Å². The highest BCUT2D eigenvalue weighted by atomic mass is 14.8. The van der Waals surface area contributed by atoms with Crippen LogP contribution in [0.5, 0.6) is 0 Å². The minimum absolute atomic E-state index is 0.140. The van der Waals surface area contributed by atoms with E-state index in [1.165, 1.54) is 22.4 Å². The van der Waals surface area contributed by atoms with Gasteiger partial charge in [0.1, 0.15) is 0 Å². The van der Waals surface area contributed by atoms with Gasteiger partial charge in [0.05, 0.1) is 0 Å². The SMILES string of the molecule is C=Cc1cc(C(C)C)cc(C(C)(C)C)c1NC.CC. The normalized spacial score (nSPS) is 10.8. The summed E-state index contributed by atoms with van der Waals surface area (Å²) in [6, 6.07) is 4.56. The fourth-order valence-corrected chi connectivity index (χ4v) is 2.05. The molecule has 0 aliphatic rings. The Balaban J connectivity index is 0.00000154. The first-order chi connectivity index (χ1) is 8.81. The van der Waals surface area contributed by atoms with E-state index in [2.05, 4.69) is 58.6 Å². The number of nitrogens with one attached hydrogen (secondary N) is 1. The Labute approximate surface area is 120 Å². The smallest absolute Gasteiger partial charge is 0.0449 e. The summed E-state index contributed by atoms with van der Waals surface area (Å²) in [6.45, 7) is 19.1. The van der Waals surface area contributed by atoms with E-state index >= 15 is 0 Å². The molecule has 0 unspecified atom stereocenters. The average molecular weight is 261 g/mol. The first kappa shape index (κ1) is 17.8. The molecule has 0 amide bonds. The van der Waals surface area contributed by atoms with Crippen LogP contribution in [0.25, 0.3) is 6.08 Å². The van der Waals surface area contributed by atoms with Crippen LogP contribution in [0.3, 0.4) is 0 Å². The highest BCUT2D eigenvalue weighted by Crippen LogP contribution is 2.35. The molecule has 1 heteroatoms. The lowest BCUT2D eigenvalue weighted by Crippen LogP contribution is -2.15. The molecule has 0 fully saturated rings. The number of hydrogen-bond acceptors (Lipinski definition) is 1. The molecule has 0 heterocycles. The van der Waals surface area contributed by atoms with Crippen LogP contribution in [-0.2, 0) is 5.41 Å². The third-order valence-corrected chi connectivity index (χ3v) is 3.14. The highest BCUT2D eigenvalue weighted by molar-refractivity contribution is 5.71. The third kappa shape index (κ3) is 4.41. The van der Waals surface area contributed by atoms with Crippen LogP contribution >= 0.6 is 0 Å². The molecule has 0 saturated heterocycles. The number of rotatable bonds is 3. The van der Waals surface area contributed by atoms with Crippen LogP contribution < -0.4 is 5.32 Å². The fourth-order valence-electron chi connectivity index (χ4n) is 2.05. The second-order valence-corrected chi connectivity index (χ2v) is 5.89. The van der Waals surface area contributed by atoms with Gasteiger partial charge in [-0.25, -0.2) is 0 Å². The van der Waals surface area contributed by atoms with Crippen molar-refractivity contribution in [3.8, 4) is 0 Å². The van der Waals surface area contributed by atoms with E-state index in [1.54, 1.807) is 0 Å². The summed E-state index contributed by atoms with van der Waals surface area (Å²) in [4.78, 5) is 0. The molecule has 0 saturated carbocycles. The van der Waals surface area contributed by atoms with Crippen molar-refractivity contribution in [1.82, 2.24) is 0 Å². The second kappa shape index (κ2) is 7.37. The van der Waals surface area contributed by atoms with Gasteiger partial charge >= 0.3 is 0 Å².